The molecule has 0 saturated carbocycles. The minimum Gasteiger partial charge on any atom is -0.363 e. The Morgan fingerprint density at radius 3 is 2.09 bits per heavy atom. The second-order valence-corrected chi connectivity index (χ2v) is 6.12. The van der Waals surface area contributed by atoms with Crippen LogP contribution in [-0.2, 0) is 0 Å². The van der Waals surface area contributed by atoms with E-state index in [1.54, 1.807) is 6.33 Å². The van der Waals surface area contributed by atoms with Crippen LogP contribution in [0.25, 0.3) is 0 Å². The van der Waals surface area contributed by atoms with E-state index < -0.39 is 5.91 Å². The van der Waals surface area contributed by atoms with E-state index in [0.29, 0.717) is 6.04 Å². The smallest absolute Gasteiger partial charge is 0.288 e. The molecule has 0 aromatic carbocycles. The maximum absolute atomic E-state index is 11.2. The fourth-order valence-corrected chi connectivity index (χ4v) is 2.76. The van der Waals surface area contributed by atoms with Crippen LogP contribution in [0.2, 0.25) is 0 Å². The average Bonchev–Trinajstić information content (AvgIpc) is 2.99. The molecule has 0 aliphatic heterocycles. The first-order chi connectivity index (χ1) is 10.7. The van der Waals surface area contributed by atoms with Crippen molar-refractivity contribution in [3.05, 3.63) is 12.2 Å². The Morgan fingerprint density at radius 2 is 1.59 bits per heavy atom. The third kappa shape index (κ3) is 7.05. The summed E-state index contributed by atoms with van der Waals surface area (Å²) in [5.41, 5.74) is 5.24. The number of hydrogen-bond donors (Lipinski definition) is 1. The molecule has 1 amide bonds. The summed E-state index contributed by atoms with van der Waals surface area (Å²) in [5, 5.41) is 4.26. The molecule has 0 bridgehead atoms. The number of unbranched alkanes of at least 4 members (excludes halogenated alkanes) is 7. The van der Waals surface area contributed by atoms with Gasteiger partial charge in [-0.2, -0.15) is 0 Å². The van der Waals surface area contributed by atoms with Gasteiger partial charge in [-0.1, -0.05) is 71.6 Å². The van der Waals surface area contributed by atoms with Gasteiger partial charge < -0.3 is 5.73 Å². The molecule has 0 saturated heterocycles. The number of nitrogens with zero attached hydrogens (tertiary/aromatic N) is 3. The summed E-state index contributed by atoms with van der Waals surface area (Å²) in [6, 6.07) is 0.346. The van der Waals surface area contributed by atoms with Crippen molar-refractivity contribution in [3.8, 4) is 0 Å². The number of aromatic nitrogens is 3. The Labute approximate surface area is 134 Å². The summed E-state index contributed by atoms with van der Waals surface area (Å²) in [6.45, 7) is 4.46. The molecule has 1 rings (SSSR count). The molecular weight excluding hydrogens is 276 g/mol. The van der Waals surface area contributed by atoms with Gasteiger partial charge >= 0.3 is 0 Å². The highest BCUT2D eigenvalue weighted by molar-refractivity contribution is 5.88. The van der Waals surface area contributed by atoms with Crippen LogP contribution in [0.5, 0.6) is 0 Å². The number of rotatable bonds is 13. The van der Waals surface area contributed by atoms with Crippen molar-refractivity contribution in [2.75, 3.05) is 0 Å². The van der Waals surface area contributed by atoms with Gasteiger partial charge in [0.1, 0.15) is 6.33 Å². The molecule has 0 radical (unpaired) electrons. The quantitative estimate of drug-likeness (QED) is 0.554. The summed E-state index contributed by atoms with van der Waals surface area (Å²) in [6.07, 6.45) is 15.3. The molecule has 1 aromatic heterocycles. The largest absolute Gasteiger partial charge is 0.363 e. The second-order valence-electron chi connectivity index (χ2n) is 6.12. The lowest BCUT2D eigenvalue weighted by molar-refractivity contribution is 0.0990. The van der Waals surface area contributed by atoms with Crippen LogP contribution in [0.4, 0.5) is 0 Å². The Morgan fingerprint density at radius 1 is 1.05 bits per heavy atom. The molecule has 0 fully saturated rings. The van der Waals surface area contributed by atoms with Crippen LogP contribution in [0.3, 0.4) is 0 Å². The van der Waals surface area contributed by atoms with Crippen LogP contribution in [0.15, 0.2) is 6.33 Å². The Kier molecular flexibility index (Phi) is 9.51. The van der Waals surface area contributed by atoms with Gasteiger partial charge in [0.25, 0.3) is 5.91 Å². The standard InChI is InChI=1S/C17H32N4O/c1-3-5-7-9-11-13-15(12-10-8-6-4-2)21-14-19-17(20-21)16(18)22/h14-15H,3-13H2,1-2H3,(H2,18,22). The van der Waals surface area contributed by atoms with Gasteiger partial charge in [0.2, 0.25) is 5.82 Å². The number of amides is 1. The van der Waals surface area contributed by atoms with E-state index in [9.17, 15) is 4.79 Å². The van der Waals surface area contributed by atoms with Gasteiger partial charge in [-0.25, -0.2) is 9.67 Å². The van der Waals surface area contributed by atoms with Crippen molar-refractivity contribution in [1.29, 1.82) is 0 Å². The van der Waals surface area contributed by atoms with E-state index in [1.807, 2.05) is 4.68 Å². The van der Waals surface area contributed by atoms with E-state index in [1.165, 1.54) is 57.8 Å². The van der Waals surface area contributed by atoms with Crippen LogP contribution in [0.1, 0.15) is 101 Å². The van der Waals surface area contributed by atoms with E-state index >= 15 is 0 Å². The summed E-state index contributed by atoms with van der Waals surface area (Å²) in [4.78, 5) is 15.2. The van der Waals surface area contributed by atoms with Crippen LogP contribution in [-0.4, -0.2) is 20.7 Å². The van der Waals surface area contributed by atoms with E-state index in [-0.39, 0.29) is 5.82 Å². The van der Waals surface area contributed by atoms with Gasteiger partial charge in [-0.15, -0.1) is 5.10 Å². The predicted molar refractivity (Wildman–Crippen MR) is 89.7 cm³/mol. The third-order valence-corrected chi connectivity index (χ3v) is 4.13. The van der Waals surface area contributed by atoms with Gasteiger partial charge in [0, 0.05) is 0 Å². The molecule has 0 spiro atoms. The predicted octanol–water partition coefficient (Wildman–Crippen LogP) is 4.25. The molecule has 126 valence electrons. The lowest BCUT2D eigenvalue weighted by Crippen LogP contribution is -2.15. The summed E-state index contributed by atoms with van der Waals surface area (Å²) in [7, 11) is 0. The van der Waals surface area contributed by atoms with Crippen molar-refractivity contribution in [3.63, 3.8) is 0 Å². The monoisotopic (exact) mass is 308 g/mol. The molecule has 1 aromatic rings. The van der Waals surface area contributed by atoms with Gasteiger partial charge in [-0.3, -0.25) is 4.79 Å². The Bertz CT molecular complexity index is 417. The van der Waals surface area contributed by atoms with Crippen molar-refractivity contribution < 1.29 is 4.79 Å². The lowest BCUT2D eigenvalue weighted by atomic mass is 10.0. The van der Waals surface area contributed by atoms with Crippen LogP contribution in [0, 0.1) is 0 Å². The zero-order valence-electron chi connectivity index (χ0n) is 14.3. The van der Waals surface area contributed by atoms with Gasteiger partial charge in [0.05, 0.1) is 6.04 Å². The molecule has 2 N–H and O–H groups in total. The average molecular weight is 308 g/mol. The van der Waals surface area contributed by atoms with Crippen LogP contribution >= 0.6 is 0 Å². The summed E-state index contributed by atoms with van der Waals surface area (Å²) >= 11 is 0. The molecule has 22 heavy (non-hydrogen) atoms. The van der Waals surface area contributed by atoms with Crippen molar-refractivity contribution in [1.82, 2.24) is 14.8 Å². The fourth-order valence-electron chi connectivity index (χ4n) is 2.76. The lowest BCUT2D eigenvalue weighted by Gasteiger charge is -2.17. The molecule has 1 heterocycles. The number of carbonyl (C=O) groups excluding carboxylic acids is 1. The molecular formula is C17H32N4O. The zero-order chi connectivity index (χ0) is 16.2. The van der Waals surface area contributed by atoms with Crippen LogP contribution < -0.4 is 5.73 Å². The molecule has 1 unspecified atom stereocenters. The first-order valence-corrected chi connectivity index (χ1v) is 8.90. The molecule has 5 nitrogen and oxygen atoms in total. The minimum absolute atomic E-state index is 0.129. The van der Waals surface area contributed by atoms with E-state index in [4.69, 9.17) is 5.73 Å². The number of nitrogens with two attached hydrogens (primary N) is 1. The van der Waals surface area contributed by atoms with Gasteiger partial charge in [0.15, 0.2) is 0 Å². The second kappa shape index (κ2) is 11.2. The SMILES string of the molecule is CCCCCCCC(CCCCCC)n1cnc(C(N)=O)n1. The highest BCUT2D eigenvalue weighted by Gasteiger charge is 2.15. The van der Waals surface area contributed by atoms with Crippen molar-refractivity contribution in [2.45, 2.75) is 90.5 Å². The molecule has 0 aliphatic carbocycles. The fraction of sp³-hybridized carbons (Fsp3) is 0.824. The summed E-state index contributed by atoms with van der Waals surface area (Å²) in [5.74, 6) is -0.420. The highest BCUT2D eigenvalue weighted by Crippen LogP contribution is 2.22. The maximum Gasteiger partial charge on any atom is 0.288 e. The summed E-state index contributed by atoms with van der Waals surface area (Å²) < 4.78 is 1.85. The van der Waals surface area contributed by atoms with E-state index in [0.717, 1.165) is 12.8 Å². The number of carbonyl (C=O) groups is 1. The number of primary amides is 1. The minimum atomic E-state index is -0.550. The van der Waals surface area contributed by atoms with Crippen molar-refractivity contribution in [2.24, 2.45) is 5.73 Å². The van der Waals surface area contributed by atoms with E-state index in [2.05, 4.69) is 23.9 Å². The Hall–Kier alpha value is -1.39. The van der Waals surface area contributed by atoms with Crippen molar-refractivity contribution >= 4 is 5.91 Å². The molecule has 0 aliphatic rings. The first kappa shape index (κ1) is 18.7. The normalized spacial score (nSPS) is 12.5. The molecule has 1 atom stereocenters. The van der Waals surface area contributed by atoms with Gasteiger partial charge in [-0.05, 0) is 12.8 Å². The third-order valence-electron chi connectivity index (χ3n) is 4.13. The first-order valence-electron chi connectivity index (χ1n) is 8.90. The maximum atomic E-state index is 11.2. The topological polar surface area (TPSA) is 73.8 Å². The molecule has 5 heteroatoms. The Balaban J connectivity index is 2.50. The number of hydrogen-bond acceptors (Lipinski definition) is 3. The zero-order valence-corrected chi connectivity index (χ0v) is 14.3. The highest BCUT2D eigenvalue weighted by atomic mass is 16.1.